The molecule has 2 aromatic heterocycles. The third-order valence-electron chi connectivity index (χ3n) is 4.22. The monoisotopic (exact) mass is 266 g/mol. The molecule has 4 nitrogen and oxygen atoms in total. The van der Waals surface area contributed by atoms with Gasteiger partial charge in [0, 0.05) is 36.6 Å². The number of nitrogens with zero attached hydrogens (tertiary/aromatic N) is 3. The minimum Gasteiger partial charge on any atom is -0.366 e. The van der Waals surface area contributed by atoms with E-state index >= 15 is 0 Å². The molecule has 0 radical (unpaired) electrons. The molecule has 0 aliphatic carbocycles. The maximum absolute atomic E-state index is 4.85. The van der Waals surface area contributed by atoms with Gasteiger partial charge in [0.2, 0.25) is 0 Å². The molecule has 0 saturated carbocycles. The maximum Gasteiger partial charge on any atom is 0.150 e. The summed E-state index contributed by atoms with van der Waals surface area (Å²) in [6.45, 7) is 6.45. The van der Waals surface area contributed by atoms with Crippen molar-refractivity contribution in [3.63, 3.8) is 0 Å². The largest absolute Gasteiger partial charge is 0.366 e. The second-order valence-electron chi connectivity index (χ2n) is 5.78. The van der Waals surface area contributed by atoms with Crippen LogP contribution in [0.2, 0.25) is 0 Å². The van der Waals surface area contributed by atoms with E-state index in [0.717, 1.165) is 35.9 Å². The first-order chi connectivity index (χ1) is 9.70. The lowest BCUT2D eigenvalue weighted by Gasteiger charge is -2.29. The summed E-state index contributed by atoms with van der Waals surface area (Å²) in [6.07, 6.45) is 3.06. The fraction of sp³-hybridized carbons (Fsp3) is 0.375. The Morgan fingerprint density at radius 2 is 2.20 bits per heavy atom. The highest BCUT2D eigenvalue weighted by atomic mass is 15.3. The fourth-order valence-corrected chi connectivity index (χ4v) is 3.29. The number of hydrogen-bond acceptors (Lipinski definition) is 4. The summed E-state index contributed by atoms with van der Waals surface area (Å²) in [5, 5.41) is 3.59. The third-order valence-corrected chi connectivity index (χ3v) is 4.22. The van der Waals surface area contributed by atoms with Crippen LogP contribution in [0.15, 0.2) is 24.4 Å². The molecule has 2 aliphatic heterocycles. The van der Waals surface area contributed by atoms with Gasteiger partial charge in [-0.3, -0.25) is 4.98 Å². The molecule has 4 heteroatoms. The number of aromatic nitrogens is 2. The van der Waals surface area contributed by atoms with Gasteiger partial charge in [-0.25, -0.2) is 4.98 Å². The van der Waals surface area contributed by atoms with Gasteiger partial charge in [0.15, 0.2) is 5.82 Å². The fourth-order valence-electron chi connectivity index (χ4n) is 3.29. The summed E-state index contributed by atoms with van der Waals surface area (Å²) in [7, 11) is 0. The summed E-state index contributed by atoms with van der Waals surface area (Å²) in [5.74, 6) is 1.04. The van der Waals surface area contributed by atoms with Crippen molar-refractivity contribution in [2.24, 2.45) is 0 Å². The van der Waals surface area contributed by atoms with Crippen LogP contribution in [0.1, 0.15) is 17.7 Å². The van der Waals surface area contributed by atoms with E-state index in [2.05, 4.69) is 34.3 Å². The Hall–Kier alpha value is -2.10. The standard InChI is InChI=1S/C16H18N4/c1-10-7-14(12-3-5-17-11(2)8-12)19-16-15(10)20-6-4-13(9-20)18-16/h3,5,7-8,13H,4,6,9H2,1-2H3,(H,18,19). The van der Waals surface area contributed by atoms with Crippen molar-refractivity contribution in [2.75, 3.05) is 23.3 Å². The first-order valence-electron chi connectivity index (χ1n) is 7.17. The highest BCUT2D eigenvalue weighted by Crippen LogP contribution is 2.38. The van der Waals surface area contributed by atoms with Crippen LogP contribution in [0.5, 0.6) is 0 Å². The van der Waals surface area contributed by atoms with Crippen LogP contribution in [0.3, 0.4) is 0 Å². The van der Waals surface area contributed by atoms with E-state index in [1.54, 1.807) is 0 Å². The lowest BCUT2D eigenvalue weighted by molar-refractivity contribution is 0.787. The van der Waals surface area contributed by atoms with Gasteiger partial charge in [-0.05, 0) is 44.0 Å². The predicted molar refractivity (Wildman–Crippen MR) is 81.2 cm³/mol. The Morgan fingerprint density at radius 3 is 3.05 bits per heavy atom. The average molecular weight is 266 g/mol. The second-order valence-corrected chi connectivity index (χ2v) is 5.78. The van der Waals surface area contributed by atoms with E-state index in [1.807, 2.05) is 19.2 Å². The number of hydrogen-bond donors (Lipinski definition) is 1. The minimum atomic E-state index is 0.559. The van der Waals surface area contributed by atoms with Gasteiger partial charge in [0.05, 0.1) is 11.4 Å². The van der Waals surface area contributed by atoms with Crippen LogP contribution in [0.4, 0.5) is 11.5 Å². The van der Waals surface area contributed by atoms with Crippen molar-refractivity contribution in [3.05, 3.63) is 35.7 Å². The SMILES string of the molecule is Cc1cc(-c2cc(C)c3c(n2)NC2CCN3C2)ccn1. The Kier molecular flexibility index (Phi) is 2.46. The Balaban J connectivity index is 1.84. The Bertz CT molecular complexity index is 680. The molecule has 1 unspecified atom stereocenters. The molecule has 0 spiro atoms. The summed E-state index contributed by atoms with van der Waals surface area (Å²) in [5.41, 5.74) is 5.77. The van der Waals surface area contributed by atoms with Gasteiger partial charge < -0.3 is 10.2 Å². The van der Waals surface area contributed by atoms with Crippen LogP contribution in [0, 0.1) is 13.8 Å². The third kappa shape index (κ3) is 1.75. The lowest BCUT2D eigenvalue weighted by atomic mass is 10.1. The molecule has 1 saturated heterocycles. The van der Waals surface area contributed by atoms with E-state index in [4.69, 9.17) is 4.98 Å². The Morgan fingerprint density at radius 1 is 1.30 bits per heavy atom. The number of rotatable bonds is 1. The minimum absolute atomic E-state index is 0.559. The van der Waals surface area contributed by atoms with Crippen LogP contribution < -0.4 is 10.2 Å². The van der Waals surface area contributed by atoms with Gasteiger partial charge >= 0.3 is 0 Å². The van der Waals surface area contributed by atoms with Crippen molar-refractivity contribution >= 4 is 11.5 Å². The van der Waals surface area contributed by atoms with Crippen molar-refractivity contribution in [1.29, 1.82) is 0 Å². The van der Waals surface area contributed by atoms with Gasteiger partial charge in [0.1, 0.15) is 0 Å². The zero-order valence-electron chi connectivity index (χ0n) is 11.8. The van der Waals surface area contributed by atoms with Crippen molar-refractivity contribution in [3.8, 4) is 11.3 Å². The molecule has 1 N–H and O–H groups in total. The van der Waals surface area contributed by atoms with E-state index < -0.39 is 0 Å². The molecule has 1 fully saturated rings. The van der Waals surface area contributed by atoms with Crippen molar-refractivity contribution in [2.45, 2.75) is 26.3 Å². The molecule has 2 aromatic rings. The van der Waals surface area contributed by atoms with E-state index in [9.17, 15) is 0 Å². The topological polar surface area (TPSA) is 41.1 Å². The summed E-state index contributed by atoms with van der Waals surface area (Å²) in [6, 6.07) is 6.86. The maximum atomic E-state index is 4.85. The first kappa shape index (κ1) is 11.7. The quantitative estimate of drug-likeness (QED) is 0.861. The molecule has 4 heterocycles. The van der Waals surface area contributed by atoms with Gasteiger partial charge in [-0.15, -0.1) is 0 Å². The summed E-state index contributed by atoms with van der Waals surface area (Å²) >= 11 is 0. The number of nitrogens with one attached hydrogen (secondary N) is 1. The molecule has 20 heavy (non-hydrogen) atoms. The van der Waals surface area contributed by atoms with Gasteiger partial charge in [-0.2, -0.15) is 0 Å². The molecule has 102 valence electrons. The molecule has 4 rings (SSSR count). The molecule has 2 bridgehead atoms. The van der Waals surface area contributed by atoms with Gasteiger partial charge in [-0.1, -0.05) is 0 Å². The number of fused-ring (bicyclic) bond motifs is 4. The number of aryl methyl sites for hydroxylation is 2. The van der Waals surface area contributed by atoms with Crippen molar-refractivity contribution in [1.82, 2.24) is 9.97 Å². The average Bonchev–Trinajstić information content (AvgIpc) is 2.80. The molecule has 0 amide bonds. The van der Waals surface area contributed by atoms with Crippen LogP contribution in [-0.4, -0.2) is 29.1 Å². The predicted octanol–water partition coefficient (Wildman–Crippen LogP) is 2.76. The van der Waals surface area contributed by atoms with Crippen LogP contribution >= 0.6 is 0 Å². The highest BCUT2D eigenvalue weighted by molar-refractivity contribution is 5.78. The normalized spacial score (nSPS) is 19.7. The molecule has 0 aromatic carbocycles. The summed E-state index contributed by atoms with van der Waals surface area (Å²) < 4.78 is 0. The summed E-state index contributed by atoms with van der Waals surface area (Å²) in [4.78, 5) is 11.6. The molecule has 2 aliphatic rings. The lowest BCUT2D eigenvalue weighted by Crippen LogP contribution is -2.33. The smallest absolute Gasteiger partial charge is 0.150 e. The van der Waals surface area contributed by atoms with Crippen LogP contribution in [0.25, 0.3) is 11.3 Å². The molecular formula is C16H18N4. The number of anilines is 2. The zero-order valence-corrected chi connectivity index (χ0v) is 11.8. The second kappa shape index (κ2) is 4.20. The van der Waals surface area contributed by atoms with E-state index in [0.29, 0.717) is 6.04 Å². The number of pyridine rings is 2. The van der Waals surface area contributed by atoms with Gasteiger partial charge in [0.25, 0.3) is 0 Å². The zero-order chi connectivity index (χ0) is 13.7. The highest BCUT2D eigenvalue weighted by Gasteiger charge is 2.32. The first-order valence-corrected chi connectivity index (χ1v) is 7.17. The Labute approximate surface area is 118 Å². The molecular weight excluding hydrogens is 248 g/mol. The van der Waals surface area contributed by atoms with Crippen molar-refractivity contribution < 1.29 is 0 Å². The molecule has 1 atom stereocenters. The van der Waals surface area contributed by atoms with E-state index in [1.165, 1.54) is 17.7 Å². The van der Waals surface area contributed by atoms with Crippen LogP contribution in [-0.2, 0) is 0 Å². The van der Waals surface area contributed by atoms with E-state index in [-0.39, 0.29) is 0 Å².